The zero-order valence-electron chi connectivity index (χ0n) is 11.8. The van der Waals surface area contributed by atoms with Gasteiger partial charge in [0.1, 0.15) is 4.90 Å². The van der Waals surface area contributed by atoms with Crippen LogP contribution in [0.3, 0.4) is 0 Å². The highest BCUT2D eigenvalue weighted by atomic mass is 79.9. The number of benzene rings is 2. The molecule has 2 rings (SSSR count). The molecule has 1 N–H and O–H groups in total. The number of hydrogen-bond donors (Lipinski definition) is 1. The van der Waals surface area contributed by atoms with Crippen LogP contribution >= 0.6 is 27.5 Å². The summed E-state index contributed by atoms with van der Waals surface area (Å²) in [5.74, 6) is -0.830. The van der Waals surface area contributed by atoms with Crippen molar-refractivity contribution in [2.75, 3.05) is 0 Å². The maximum atomic E-state index is 12.5. The molecule has 130 valence electrons. The minimum atomic E-state index is -5.02. The first-order valence-corrected chi connectivity index (χ1v) is 9.02. The predicted molar refractivity (Wildman–Crippen MR) is 86.3 cm³/mol. The van der Waals surface area contributed by atoms with Crippen molar-refractivity contribution in [1.29, 1.82) is 0 Å². The topological polar surface area (TPSA) is 55.4 Å². The minimum Gasteiger partial charge on any atom is -0.404 e. The van der Waals surface area contributed by atoms with E-state index in [2.05, 4.69) is 25.4 Å². The first-order valence-electron chi connectivity index (χ1n) is 6.37. The summed E-state index contributed by atoms with van der Waals surface area (Å²) in [5, 5.41) is 0.336. The van der Waals surface area contributed by atoms with Gasteiger partial charge in [-0.1, -0.05) is 45.7 Å². The van der Waals surface area contributed by atoms with Crippen LogP contribution in [0.25, 0.3) is 0 Å². The van der Waals surface area contributed by atoms with Gasteiger partial charge in [-0.3, -0.25) is 0 Å². The van der Waals surface area contributed by atoms with Gasteiger partial charge in [0.25, 0.3) is 0 Å². The molecule has 0 spiro atoms. The third-order valence-electron chi connectivity index (χ3n) is 2.83. The molecule has 0 aliphatic carbocycles. The molecule has 2 aromatic carbocycles. The first kappa shape index (κ1) is 19.0. The Kier molecular flexibility index (Phi) is 5.79. The summed E-state index contributed by atoms with van der Waals surface area (Å²) in [6, 6.07) is 9.74. The number of nitrogens with one attached hydrogen (secondary N) is 1. The van der Waals surface area contributed by atoms with Gasteiger partial charge >= 0.3 is 6.36 Å². The second-order valence-electron chi connectivity index (χ2n) is 4.55. The average Bonchev–Trinajstić information content (AvgIpc) is 2.44. The molecule has 0 saturated heterocycles. The van der Waals surface area contributed by atoms with Crippen molar-refractivity contribution in [3.05, 3.63) is 57.5 Å². The monoisotopic (exact) mass is 443 g/mol. The summed E-state index contributed by atoms with van der Waals surface area (Å²) in [5.41, 5.74) is 0.484. The fraction of sp³-hybridized carbons (Fsp3) is 0.143. The Labute approximate surface area is 149 Å². The lowest BCUT2D eigenvalue weighted by atomic mass is 10.2. The van der Waals surface area contributed by atoms with Crippen LogP contribution in [0, 0.1) is 0 Å². The molecule has 0 bridgehead atoms. The number of alkyl halides is 3. The van der Waals surface area contributed by atoms with Crippen LogP contribution in [0.5, 0.6) is 5.75 Å². The maximum absolute atomic E-state index is 12.5. The number of rotatable bonds is 5. The predicted octanol–water partition coefficient (Wildman–Crippen LogP) is 4.48. The highest BCUT2D eigenvalue weighted by molar-refractivity contribution is 9.10. The second kappa shape index (κ2) is 7.30. The van der Waals surface area contributed by atoms with Gasteiger partial charge in [-0.25, -0.2) is 13.1 Å². The molecule has 0 atom stereocenters. The molecule has 10 heteroatoms. The highest BCUT2D eigenvalue weighted by Crippen LogP contribution is 2.32. The molecular weight excluding hydrogens is 435 g/mol. The molecule has 0 heterocycles. The molecule has 0 aliphatic rings. The van der Waals surface area contributed by atoms with Gasteiger partial charge in [0.15, 0.2) is 5.75 Å². The van der Waals surface area contributed by atoms with Gasteiger partial charge in [-0.2, -0.15) is 0 Å². The second-order valence-corrected chi connectivity index (χ2v) is 7.61. The lowest BCUT2D eigenvalue weighted by Crippen LogP contribution is -2.25. The lowest BCUT2D eigenvalue weighted by molar-refractivity contribution is -0.275. The van der Waals surface area contributed by atoms with Crippen LogP contribution in [0.2, 0.25) is 5.02 Å². The minimum absolute atomic E-state index is 0.177. The largest absolute Gasteiger partial charge is 0.573 e. The Morgan fingerprint density at radius 1 is 1.17 bits per heavy atom. The van der Waals surface area contributed by atoms with E-state index in [4.69, 9.17) is 11.6 Å². The lowest BCUT2D eigenvalue weighted by Gasteiger charge is -2.14. The summed E-state index contributed by atoms with van der Waals surface area (Å²) >= 11 is 8.90. The molecule has 0 aromatic heterocycles. The molecule has 0 unspecified atom stereocenters. The van der Waals surface area contributed by atoms with Crippen LogP contribution in [0.1, 0.15) is 5.56 Å². The van der Waals surface area contributed by atoms with Crippen molar-refractivity contribution in [2.24, 2.45) is 0 Å². The van der Waals surface area contributed by atoms with Crippen LogP contribution in [-0.2, 0) is 16.6 Å². The number of ether oxygens (including phenoxy) is 1. The molecule has 24 heavy (non-hydrogen) atoms. The summed E-state index contributed by atoms with van der Waals surface area (Å²) < 4.78 is 68.3. The van der Waals surface area contributed by atoms with E-state index in [-0.39, 0.29) is 11.0 Å². The highest BCUT2D eigenvalue weighted by Gasteiger charge is 2.34. The van der Waals surface area contributed by atoms with Crippen molar-refractivity contribution in [3.63, 3.8) is 0 Å². The fourth-order valence-corrected chi connectivity index (χ4v) is 3.46. The van der Waals surface area contributed by atoms with E-state index in [0.717, 1.165) is 12.1 Å². The van der Waals surface area contributed by atoms with Crippen molar-refractivity contribution in [3.8, 4) is 5.75 Å². The zero-order valence-corrected chi connectivity index (χ0v) is 14.9. The van der Waals surface area contributed by atoms with Crippen molar-refractivity contribution >= 4 is 37.6 Å². The Morgan fingerprint density at radius 3 is 2.46 bits per heavy atom. The van der Waals surface area contributed by atoms with E-state index < -0.39 is 27.0 Å². The van der Waals surface area contributed by atoms with E-state index in [1.807, 2.05) is 0 Å². The third kappa shape index (κ3) is 5.10. The molecular formula is C14H10BrClF3NO3S. The Balaban J connectivity index is 2.30. The number of sulfonamides is 1. The Morgan fingerprint density at radius 2 is 1.83 bits per heavy atom. The quantitative estimate of drug-likeness (QED) is 0.740. The van der Waals surface area contributed by atoms with E-state index in [9.17, 15) is 21.6 Å². The van der Waals surface area contributed by atoms with Gasteiger partial charge in [0, 0.05) is 16.0 Å². The molecule has 0 aliphatic heterocycles. The van der Waals surface area contributed by atoms with Crippen LogP contribution in [0.4, 0.5) is 13.2 Å². The van der Waals surface area contributed by atoms with Crippen LogP contribution < -0.4 is 9.46 Å². The van der Waals surface area contributed by atoms with E-state index in [1.165, 1.54) is 6.07 Å². The van der Waals surface area contributed by atoms with Crippen LogP contribution in [0.15, 0.2) is 51.8 Å². The smallest absolute Gasteiger partial charge is 0.404 e. The molecule has 0 amide bonds. The number of hydrogen-bond acceptors (Lipinski definition) is 3. The SMILES string of the molecule is O=S(=O)(NCc1ccccc1Cl)c1ccc(Br)cc1OC(F)(F)F. The average molecular weight is 445 g/mol. The maximum Gasteiger partial charge on any atom is 0.573 e. The molecule has 0 radical (unpaired) electrons. The summed E-state index contributed by atoms with van der Waals surface area (Å²) in [6.07, 6.45) is -5.02. The summed E-state index contributed by atoms with van der Waals surface area (Å²) in [6.45, 7) is -0.177. The Bertz CT molecular complexity index is 843. The number of halogens is 5. The van der Waals surface area contributed by atoms with Crippen LogP contribution in [-0.4, -0.2) is 14.8 Å². The molecule has 0 fully saturated rings. The van der Waals surface area contributed by atoms with Crippen molar-refractivity contribution in [2.45, 2.75) is 17.8 Å². The van der Waals surface area contributed by atoms with Crippen molar-refractivity contribution in [1.82, 2.24) is 4.72 Å². The van der Waals surface area contributed by atoms with Gasteiger partial charge < -0.3 is 4.74 Å². The zero-order chi connectivity index (χ0) is 18.0. The molecule has 0 saturated carbocycles. The molecule has 2 aromatic rings. The van der Waals surface area contributed by atoms with E-state index in [1.54, 1.807) is 24.3 Å². The fourth-order valence-electron chi connectivity index (χ4n) is 1.80. The van der Waals surface area contributed by atoms with Gasteiger partial charge in [0.2, 0.25) is 10.0 Å². The normalized spacial score (nSPS) is 12.2. The molecule has 4 nitrogen and oxygen atoms in total. The standard InChI is InChI=1S/C14H10BrClF3NO3S/c15-10-5-6-13(12(7-10)23-14(17,18)19)24(21,22)20-8-9-3-1-2-4-11(9)16/h1-7,20H,8H2. The van der Waals surface area contributed by atoms with E-state index >= 15 is 0 Å². The van der Waals surface area contributed by atoms with E-state index in [0.29, 0.717) is 10.6 Å². The summed E-state index contributed by atoms with van der Waals surface area (Å²) in [4.78, 5) is -0.630. The summed E-state index contributed by atoms with van der Waals surface area (Å²) in [7, 11) is -4.25. The Hall–Kier alpha value is -1.29. The van der Waals surface area contributed by atoms with Crippen molar-refractivity contribution < 1.29 is 26.3 Å². The first-order chi connectivity index (χ1) is 11.1. The van der Waals surface area contributed by atoms with Gasteiger partial charge in [-0.05, 0) is 29.8 Å². The van der Waals surface area contributed by atoms with Gasteiger partial charge in [-0.15, -0.1) is 13.2 Å². The van der Waals surface area contributed by atoms with Gasteiger partial charge in [0.05, 0.1) is 0 Å². The third-order valence-corrected chi connectivity index (χ3v) is 5.13.